The third-order valence-electron chi connectivity index (χ3n) is 9.64. The first-order chi connectivity index (χ1) is 32.4. The van der Waals surface area contributed by atoms with Crippen molar-refractivity contribution in [2.45, 2.75) is 12.8 Å². The van der Waals surface area contributed by atoms with Crippen LogP contribution in [0.5, 0.6) is 23.0 Å². The third kappa shape index (κ3) is 16.4. The second-order valence-corrected chi connectivity index (χ2v) is 14.4. The van der Waals surface area contributed by atoms with E-state index in [1.807, 2.05) is 121 Å². The van der Waals surface area contributed by atoms with Crippen molar-refractivity contribution in [3.05, 3.63) is 266 Å². The summed E-state index contributed by atoms with van der Waals surface area (Å²) in [6, 6.07) is 52.3. The molecule has 0 amide bonds. The molecule has 0 aliphatic carbocycles. The predicted octanol–water partition coefficient (Wildman–Crippen LogP) is 11.8. The Kier molecular flexibility index (Phi) is 18.2. The third-order valence-corrected chi connectivity index (χ3v) is 9.64. The van der Waals surface area contributed by atoms with Gasteiger partial charge in [-0.05, 0) is 190 Å². The van der Waals surface area contributed by atoms with Crippen molar-refractivity contribution in [1.29, 1.82) is 0 Å². The highest BCUT2D eigenvalue weighted by Gasteiger charge is 1.99. The molecule has 0 spiro atoms. The second-order valence-electron chi connectivity index (χ2n) is 14.4. The van der Waals surface area contributed by atoms with E-state index < -0.39 is 0 Å². The van der Waals surface area contributed by atoms with E-state index in [1.165, 1.54) is 33.4 Å². The zero-order valence-electron chi connectivity index (χ0n) is 36.0. The minimum Gasteiger partial charge on any atom is -0.508 e. The molecule has 10 rings (SSSR count). The van der Waals surface area contributed by atoms with Crippen molar-refractivity contribution in [3.8, 4) is 56.4 Å². The van der Waals surface area contributed by atoms with Crippen LogP contribution in [0.4, 0.5) is 0 Å². The van der Waals surface area contributed by atoms with Crippen LogP contribution in [0.1, 0.15) is 22.3 Å². The highest BCUT2D eigenvalue weighted by Crippen LogP contribution is 2.20. The van der Waals surface area contributed by atoms with Crippen LogP contribution in [-0.4, -0.2) is 50.3 Å². The Labute approximate surface area is 384 Å². The van der Waals surface area contributed by atoms with Gasteiger partial charge in [0, 0.05) is 74.4 Å². The topological polar surface area (TPSA) is 158 Å². The number of pyridine rings is 6. The van der Waals surface area contributed by atoms with Crippen LogP contribution in [0.15, 0.2) is 244 Å². The van der Waals surface area contributed by atoms with Gasteiger partial charge in [0.1, 0.15) is 23.0 Å². The Morgan fingerprint density at radius 3 is 0.470 bits per heavy atom. The normalized spacial score (nSPS) is 9.88. The molecular weight excluding hydrogens is 821 g/mol. The SMILES string of the molecule is Oc1ccc(Cc2ccc(O)cc2)cc1.Oc1ccc(Cc2ccc(O)cc2)cc1.c1cc(-c2ccncc2)ccn1.c1cc(-c2ccncc2)ccn1.c1cc(-c2ccncc2)ccn1. The number of phenolic OH excluding ortho intramolecular Hbond substituents is 4. The lowest BCUT2D eigenvalue weighted by molar-refractivity contribution is 0.474. The molecule has 0 aliphatic rings. The first-order valence-electron chi connectivity index (χ1n) is 20.9. The van der Waals surface area contributed by atoms with E-state index in [0.717, 1.165) is 35.1 Å². The van der Waals surface area contributed by atoms with Crippen LogP contribution in [0.25, 0.3) is 33.4 Å². The van der Waals surface area contributed by atoms with Gasteiger partial charge in [0.2, 0.25) is 0 Å². The molecule has 0 saturated carbocycles. The standard InChI is InChI=1S/2C13H12O2.3C10H8N2/c2*14-12-5-1-10(2-6-12)9-11-3-7-13(15)8-4-11;3*1-5-11-6-2-9(1)10-3-7-12-8-4-10/h2*1-8,14-15H,9H2;3*1-8H. The number of benzene rings is 4. The maximum Gasteiger partial charge on any atom is 0.115 e. The summed E-state index contributed by atoms with van der Waals surface area (Å²) in [5.41, 5.74) is 11.6. The van der Waals surface area contributed by atoms with Crippen molar-refractivity contribution in [2.24, 2.45) is 0 Å². The molecule has 4 N–H and O–H groups in total. The lowest BCUT2D eigenvalue weighted by Crippen LogP contribution is -1.86. The maximum absolute atomic E-state index is 9.13. The lowest BCUT2D eigenvalue weighted by Gasteiger charge is -2.02. The van der Waals surface area contributed by atoms with Gasteiger partial charge in [0.15, 0.2) is 0 Å². The molecule has 0 fully saturated rings. The number of hydrogen-bond acceptors (Lipinski definition) is 10. The van der Waals surface area contributed by atoms with Crippen molar-refractivity contribution in [2.75, 3.05) is 0 Å². The Morgan fingerprint density at radius 2 is 0.333 bits per heavy atom. The monoisotopic (exact) mass is 868 g/mol. The summed E-state index contributed by atoms with van der Waals surface area (Å²) in [5, 5.41) is 36.5. The summed E-state index contributed by atoms with van der Waals surface area (Å²) < 4.78 is 0. The summed E-state index contributed by atoms with van der Waals surface area (Å²) in [7, 11) is 0. The maximum atomic E-state index is 9.13. The summed E-state index contributed by atoms with van der Waals surface area (Å²) in [5.74, 6) is 1.13. The summed E-state index contributed by atoms with van der Waals surface area (Å²) in [4.78, 5) is 23.7. The molecule has 10 heteroatoms. The van der Waals surface area contributed by atoms with E-state index in [4.69, 9.17) is 20.4 Å². The summed E-state index contributed by atoms with van der Waals surface area (Å²) in [6.07, 6.45) is 23.1. The number of rotatable bonds is 7. The zero-order chi connectivity index (χ0) is 46.0. The summed E-state index contributed by atoms with van der Waals surface area (Å²) in [6.45, 7) is 0. The van der Waals surface area contributed by atoms with Crippen LogP contribution in [0.2, 0.25) is 0 Å². The van der Waals surface area contributed by atoms with Gasteiger partial charge >= 0.3 is 0 Å². The van der Waals surface area contributed by atoms with Crippen LogP contribution in [-0.2, 0) is 12.8 Å². The molecule has 0 aliphatic heterocycles. The van der Waals surface area contributed by atoms with Gasteiger partial charge in [0.25, 0.3) is 0 Å². The van der Waals surface area contributed by atoms with Gasteiger partial charge in [-0.15, -0.1) is 0 Å². The van der Waals surface area contributed by atoms with E-state index in [-0.39, 0.29) is 23.0 Å². The van der Waals surface area contributed by atoms with Crippen molar-refractivity contribution in [3.63, 3.8) is 0 Å². The Bertz CT molecular complexity index is 2360. The predicted molar refractivity (Wildman–Crippen MR) is 260 cm³/mol. The first-order valence-corrected chi connectivity index (χ1v) is 20.9. The highest BCUT2D eigenvalue weighted by molar-refractivity contribution is 5.63. The molecule has 6 heterocycles. The number of nitrogens with zero attached hydrogens (tertiary/aromatic N) is 6. The van der Waals surface area contributed by atoms with Crippen molar-refractivity contribution < 1.29 is 20.4 Å². The molecule has 0 saturated heterocycles. The molecule has 0 atom stereocenters. The average Bonchev–Trinajstić information content (AvgIpc) is 3.39. The van der Waals surface area contributed by atoms with E-state index in [9.17, 15) is 0 Å². The number of aromatic hydroxyl groups is 4. The molecule has 6 aromatic heterocycles. The first kappa shape index (κ1) is 46.5. The molecular formula is C56H48N6O4. The summed E-state index contributed by atoms with van der Waals surface area (Å²) >= 11 is 0. The molecule has 0 bridgehead atoms. The fourth-order valence-corrected chi connectivity index (χ4v) is 6.19. The van der Waals surface area contributed by atoms with Crippen LogP contribution in [0, 0.1) is 0 Å². The molecule has 10 nitrogen and oxygen atoms in total. The van der Waals surface area contributed by atoms with Gasteiger partial charge in [-0.1, -0.05) is 48.5 Å². The second kappa shape index (κ2) is 25.8. The minimum absolute atomic E-state index is 0.282. The van der Waals surface area contributed by atoms with E-state index in [0.29, 0.717) is 0 Å². The van der Waals surface area contributed by atoms with Gasteiger partial charge in [-0.2, -0.15) is 0 Å². The molecule has 4 aromatic carbocycles. The Balaban J connectivity index is 0.000000137. The van der Waals surface area contributed by atoms with E-state index in [2.05, 4.69) is 29.9 Å². The largest absolute Gasteiger partial charge is 0.508 e. The van der Waals surface area contributed by atoms with E-state index >= 15 is 0 Å². The smallest absolute Gasteiger partial charge is 0.115 e. The number of aromatic nitrogens is 6. The lowest BCUT2D eigenvalue weighted by atomic mass is 10.1. The van der Waals surface area contributed by atoms with Gasteiger partial charge in [-0.25, -0.2) is 0 Å². The molecule has 66 heavy (non-hydrogen) atoms. The van der Waals surface area contributed by atoms with Crippen LogP contribution < -0.4 is 0 Å². The van der Waals surface area contributed by atoms with Crippen LogP contribution >= 0.6 is 0 Å². The Morgan fingerprint density at radius 1 is 0.197 bits per heavy atom. The van der Waals surface area contributed by atoms with Crippen molar-refractivity contribution >= 4 is 0 Å². The minimum atomic E-state index is 0.282. The fourth-order valence-electron chi connectivity index (χ4n) is 6.19. The van der Waals surface area contributed by atoms with Crippen LogP contribution in [0.3, 0.4) is 0 Å². The molecule has 0 radical (unpaired) electrons. The van der Waals surface area contributed by atoms with Crippen molar-refractivity contribution in [1.82, 2.24) is 29.9 Å². The zero-order valence-corrected chi connectivity index (χ0v) is 36.0. The highest BCUT2D eigenvalue weighted by atomic mass is 16.3. The molecule has 0 unspecified atom stereocenters. The number of phenols is 4. The van der Waals surface area contributed by atoms with Gasteiger partial charge < -0.3 is 20.4 Å². The van der Waals surface area contributed by atoms with Gasteiger partial charge in [0.05, 0.1) is 0 Å². The average molecular weight is 869 g/mol. The quantitative estimate of drug-likeness (QED) is 0.121. The van der Waals surface area contributed by atoms with Gasteiger partial charge in [-0.3, -0.25) is 29.9 Å². The molecule has 326 valence electrons. The fraction of sp³-hybridized carbons (Fsp3) is 0.0357. The number of hydrogen-bond donors (Lipinski definition) is 4. The Hall–Kier alpha value is -9.02. The molecule has 10 aromatic rings. The van der Waals surface area contributed by atoms with E-state index in [1.54, 1.807) is 123 Å².